The van der Waals surface area contributed by atoms with Gasteiger partial charge >= 0.3 is 0 Å². The van der Waals surface area contributed by atoms with Gasteiger partial charge in [0.2, 0.25) is 0 Å². The first-order valence-electron chi connectivity index (χ1n) is 7.53. The van der Waals surface area contributed by atoms with Crippen molar-refractivity contribution in [3.8, 4) is 5.75 Å². The molecule has 0 saturated heterocycles. The second kappa shape index (κ2) is 6.74. The standard InChI is InChI=1S/C17H24O2/c1-3-13-7-5-6-8-16(13)17(18)14-9-11-15(12-10-14)19-4-2/h9-13,16H,3-8H2,1-2H3. The maximum atomic E-state index is 12.6. The zero-order valence-corrected chi connectivity index (χ0v) is 12.0. The first kappa shape index (κ1) is 14.1. The van der Waals surface area contributed by atoms with E-state index in [1.165, 1.54) is 19.3 Å². The molecular formula is C17H24O2. The average molecular weight is 260 g/mol. The van der Waals surface area contributed by atoms with Crippen LogP contribution in [0, 0.1) is 11.8 Å². The highest BCUT2D eigenvalue weighted by Gasteiger charge is 2.30. The van der Waals surface area contributed by atoms with Crippen molar-refractivity contribution in [3.63, 3.8) is 0 Å². The van der Waals surface area contributed by atoms with Gasteiger partial charge < -0.3 is 4.74 Å². The Balaban J connectivity index is 2.09. The Labute approximate surface area is 116 Å². The molecule has 0 N–H and O–H groups in total. The van der Waals surface area contributed by atoms with Crippen LogP contribution in [0.25, 0.3) is 0 Å². The zero-order chi connectivity index (χ0) is 13.7. The summed E-state index contributed by atoms with van der Waals surface area (Å²) in [7, 11) is 0. The minimum absolute atomic E-state index is 0.233. The molecule has 0 amide bonds. The van der Waals surface area contributed by atoms with Gasteiger partial charge in [0.1, 0.15) is 5.75 Å². The van der Waals surface area contributed by atoms with Crippen molar-refractivity contribution in [2.24, 2.45) is 11.8 Å². The quantitative estimate of drug-likeness (QED) is 0.729. The lowest BCUT2D eigenvalue weighted by Gasteiger charge is -2.29. The Kier molecular flexibility index (Phi) is 5.00. The van der Waals surface area contributed by atoms with E-state index in [0.717, 1.165) is 24.2 Å². The number of Topliss-reactive ketones (excluding diaryl/α,β-unsaturated/α-hetero) is 1. The first-order valence-corrected chi connectivity index (χ1v) is 7.53. The van der Waals surface area contributed by atoms with Crippen molar-refractivity contribution >= 4 is 5.78 Å². The zero-order valence-electron chi connectivity index (χ0n) is 12.0. The van der Waals surface area contributed by atoms with Crippen LogP contribution in [0.15, 0.2) is 24.3 Å². The monoisotopic (exact) mass is 260 g/mol. The SMILES string of the molecule is CCOc1ccc(C(=O)C2CCCCC2CC)cc1. The summed E-state index contributed by atoms with van der Waals surface area (Å²) in [5.74, 6) is 1.98. The van der Waals surface area contributed by atoms with Gasteiger partial charge in [-0.3, -0.25) is 4.79 Å². The summed E-state index contributed by atoms with van der Waals surface area (Å²) in [6.45, 7) is 4.83. The van der Waals surface area contributed by atoms with Crippen LogP contribution in [0.3, 0.4) is 0 Å². The van der Waals surface area contributed by atoms with Crippen LogP contribution >= 0.6 is 0 Å². The Morgan fingerprint density at radius 3 is 2.47 bits per heavy atom. The van der Waals surface area contributed by atoms with E-state index in [-0.39, 0.29) is 5.92 Å². The number of benzene rings is 1. The van der Waals surface area contributed by atoms with Gasteiger partial charge in [0.05, 0.1) is 6.61 Å². The lowest BCUT2D eigenvalue weighted by molar-refractivity contribution is 0.0820. The highest BCUT2D eigenvalue weighted by Crippen LogP contribution is 2.34. The summed E-state index contributed by atoms with van der Waals surface area (Å²) in [5, 5.41) is 0. The predicted molar refractivity (Wildman–Crippen MR) is 77.7 cm³/mol. The lowest BCUT2D eigenvalue weighted by Crippen LogP contribution is -2.26. The molecule has 104 valence electrons. The molecule has 0 heterocycles. The summed E-state index contributed by atoms with van der Waals surface area (Å²) < 4.78 is 5.42. The van der Waals surface area contributed by atoms with Crippen LogP contribution in [0.4, 0.5) is 0 Å². The lowest BCUT2D eigenvalue weighted by atomic mass is 9.74. The van der Waals surface area contributed by atoms with Crippen molar-refractivity contribution in [2.75, 3.05) is 6.61 Å². The molecule has 2 heteroatoms. The van der Waals surface area contributed by atoms with Crippen LogP contribution in [0.5, 0.6) is 5.75 Å². The molecular weight excluding hydrogens is 236 g/mol. The second-order valence-corrected chi connectivity index (χ2v) is 5.38. The summed E-state index contributed by atoms with van der Waals surface area (Å²) >= 11 is 0. The average Bonchev–Trinajstić information content (AvgIpc) is 2.47. The molecule has 0 bridgehead atoms. The van der Waals surface area contributed by atoms with Crippen LogP contribution in [-0.2, 0) is 0 Å². The molecule has 2 nitrogen and oxygen atoms in total. The van der Waals surface area contributed by atoms with Gasteiger partial charge in [-0.25, -0.2) is 0 Å². The van der Waals surface area contributed by atoms with Crippen LogP contribution in [0.1, 0.15) is 56.3 Å². The van der Waals surface area contributed by atoms with Crippen molar-refractivity contribution in [1.82, 2.24) is 0 Å². The van der Waals surface area contributed by atoms with Crippen molar-refractivity contribution in [3.05, 3.63) is 29.8 Å². The Morgan fingerprint density at radius 1 is 1.16 bits per heavy atom. The molecule has 0 spiro atoms. The highest BCUT2D eigenvalue weighted by atomic mass is 16.5. The van der Waals surface area contributed by atoms with Crippen molar-refractivity contribution in [2.45, 2.75) is 46.0 Å². The normalized spacial score (nSPS) is 23.1. The van der Waals surface area contributed by atoms with E-state index in [4.69, 9.17) is 4.74 Å². The van der Waals surface area contributed by atoms with Crippen LogP contribution in [0.2, 0.25) is 0 Å². The molecule has 1 saturated carbocycles. The smallest absolute Gasteiger partial charge is 0.166 e. The summed E-state index contributed by atoms with van der Waals surface area (Å²) in [5.41, 5.74) is 0.841. The second-order valence-electron chi connectivity index (χ2n) is 5.38. The molecule has 0 aliphatic heterocycles. The van der Waals surface area contributed by atoms with Gasteiger partial charge in [-0.1, -0.05) is 26.2 Å². The molecule has 2 atom stereocenters. The minimum Gasteiger partial charge on any atom is -0.494 e. The fourth-order valence-corrected chi connectivity index (χ4v) is 3.14. The number of carbonyl (C=O) groups excluding carboxylic acids is 1. The Morgan fingerprint density at radius 2 is 1.84 bits per heavy atom. The summed E-state index contributed by atoms with van der Waals surface area (Å²) in [6.07, 6.45) is 5.87. The molecule has 0 radical (unpaired) electrons. The molecule has 1 aliphatic rings. The fraction of sp³-hybridized carbons (Fsp3) is 0.588. The molecule has 1 fully saturated rings. The Hall–Kier alpha value is -1.31. The third-order valence-corrected chi connectivity index (χ3v) is 4.22. The highest BCUT2D eigenvalue weighted by molar-refractivity contribution is 5.98. The maximum Gasteiger partial charge on any atom is 0.166 e. The largest absolute Gasteiger partial charge is 0.494 e. The van der Waals surface area contributed by atoms with E-state index in [2.05, 4.69) is 6.92 Å². The molecule has 19 heavy (non-hydrogen) atoms. The van der Waals surface area contributed by atoms with Gasteiger partial charge in [-0.2, -0.15) is 0 Å². The minimum atomic E-state index is 0.233. The van der Waals surface area contributed by atoms with Gasteiger partial charge in [0.15, 0.2) is 5.78 Å². The van der Waals surface area contributed by atoms with E-state index in [1.54, 1.807) is 0 Å². The third kappa shape index (κ3) is 3.37. The van der Waals surface area contributed by atoms with E-state index < -0.39 is 0 Å². The molecule has 1 aliphatic carbocycles. The van der Waals surface area contributed by atoms with Gasteiger partial charge in [0.25, 0.3) is 0 Å². The number of carbonyl (C=O) groups is 1. The predicted octanol–water partition coefficient (Wildman–Crippen LogP) is 4.48. The summed E-state index contributed by atoms with van der Waals surface area (Å²) in [6, 6.07) is 7.63. The van der Waals surface area contributed by atoms with E-state index in [9.17, 15) is 4.79 Å². The van der Waals surface area contributed by atoms with Gasteiger partial charge in [-0.05, 0) is 49.9 Å². The van der Waals surface area contributed by atoms with E-state index in [1.807, 2.05) is 31.2 Å². The van der Waals surface area contributed by atoms with Gasteiger partial charge in [-0.15, -0.1) is 0 Å². The molecule has 2 rings (SSSR count). The van der Waals surface area contributed by atoms with E-state index >= 15 is 0 Å². The molecule has 0 aromatic heterocycles. The van der Waals surface area contributed by atoms with Gasteiger partial charge in [0, 0.05) is 11.5 Å². The number of ketones is 1. The van der Waals surface area contributed by atoms with Crippen LogP contribution in [-0.4, -0.2) is 12.4 Å². The number of rotatable bonds is 5. The number of hydrogen-bond donors (Lipinski definition) is 0. The maximum absolute atomic E-state index is 12.6. The van der Waals surface area contributed by atoms with E-state index in [0.29, 0.717) is 18.3 Å². The third-order valence-electron chi connectivity index (χ3n) is 4.22. The molecule has 1 aromatic carbocycles. The molecule has 1 aromatic rings. The number of ether oxygens (including phenoxy) is 1. The number of hydrogen-bond acceptors (Lipinski definition) is 2. The van der Waals surface area contributed by atoms with Crippen LogP contribution < -0.4 is 4.74 Å². The summed E-state index contributed by atoms with van der Waals surface area (Å²) in [4.78, 5) is 12.6. The topological polar surface area (TPSA) is 26.3 Å². The fourth-order valence-electron chi connectivity index (χ4n) is 3.14. The Bertz CT molecular complexity index is 408. The first-order chi connectivity index (χ1) is 9.26. The molecule has 2 unspecified atom stereocenters. The van der Waals surface area contributed by atoms with Crippen molar-refractivity contribution in [1.29, 1.82) is 0 Å². The van der Waals surface area contributed by atoms with Crippen molar-refractivity contribution < 1.29 is 9.53 Å².